The number of aryl methyl sites for hydroxylation is 2. The average Bonchev–Trinajstić information content (AvgIpc) is 3.15. The molecule has 0 saturated carbocycles. The Labute approximate surface area is 164 Å². The monoisotopic (exact) mass is 427 g/mol. The van der Waals surface area contributed by atoms with E-state index in [4.69, 9.17) is 0 Å². The molecule has 3 aromatic rings. The fourth-order valence-corrected chi connectivity index (χ4v) is 3.78. The zero-order valence-electron chi connectivity index (χ0n) is 14.9. The number of fused-ring (bicyclic) bond motifs is 1. The number of aromatic nitrogens is 3. The van der Waals surface area contributed by atoms with E-state index in [-0.39, 0.29) is 18.2 Å². The Balaban J connectivity index is 1.50. The first-order valence-corrected chi connectivity index (χ1v) is 9.38. The maximum absolute atomic E-state index is 12.7. The summed E-state index contributed by atoms with van der Waals surface area (Å²) in [6.07, 6.45) is 1.81. The molecule has 4 rings (SSSR count). The molecule has 0 bridgehead atoms. The molecule has 0 unspecified atom stereocenters. The molecule has 1 aromatic carbocycles. The molecule has 8 heteroatoms. The van der Waals surface area contributed by atoms with Crippen LogP contribution in [0.4, 0.5) is 11.4 Å². The van der Waals surface area contributed by atoms with Crippen molar-refractivity contribution in [3.05, 3.63) is 46.7 Å². The third kappa shape index (κ3) is 3.32. The van der Waals surface area contributed by atoms with E-state index in [1.165, 1.54) is 0 Å². The Morgan fingerprint density at radius 3 is 2.93 bits per heavy atom. The summed E-state index contributed by atoms with van der Waals surface area (Å²) in [5.41, 5.74) is 3.02. The largest absolute Gasteiger partial charge is 0.324 e. The van der Waals surface area contributed by atoms with E-state index in [9.17, 15) is 9.59 Å². The van der Waals surface area contributed by atoms with E-state index < -0.39 is 5.92 Å². The van der Waals surface area contributed by atoms with Crippen molar-refractivity contribution in [1.82, 2.24) is 14.8 Å². The molecule has 7 nitrogen and oxygen atoms in total. The van der Waals surface area contributed by atoms with Crippen LogP contribution in [0.1, 0.15) is 12.1 Å². The average molecular weight is 428 g/mol. The van der Waals surface area contributed by atoms with Gasteiger partial charge in [0.1, 0.15) is 0 Å². The Bertz CT molecular complexity index is 1060. The molecule has 1 N–H and O–H groups in total. The summed E-state index contributed by atoms with van der Waals surface area (Å²) in [7, 11) is 1.83. The first-order valence-electron chi connectivity index (χ1n) is 8.58. The van der Waals surface area contributed by atoms with Crippen LogP contribution in [-0.2, 0) is 16.6 Å². The molecule has 27 heavy (non-hydrogen) atoms. The van der Waals surface area contributed by atoms with Crippen LogP contribution < -0.4 is 10.2 Å². The van der Waals surface area contributed by atoms with Crippen LogP contribution in [0.2, 0.25) is 0 Å². The number of halogens is 1. The summed E-state index contributed by atoms with van der Waals surface area (Å²) in [6.45, 7) is 2.27. The lowest BCUT2D eigenvalue weighted by Gasteiger charge is -2.17. The van der Waals surface area contributed by atoms with Gasteiger partial charge in [-0.2, -0.15) is 5.10 Å². The quantitative estimate of drug-likeness (QED) is 0.696. The van der Waals surface area contributed by atoms with Gasteiger partial charge >= 0.3 is 0 Å². The molecule has 2 amide bonds. The van der Waals surface area contributed by atoms with E-state index in [1.807, 2.05) is 44.3 Å². The number of carbonyl (C=O) groups is 2. The number of benzene rings is 1. The molecule has 0 aliphatic carbocycles. The van der Waals surface area contributed by atoms with Crippen molar-refractivity contribution in [1.29, 1.82) is 0 Å². The van der Waals surface area contributed by atoms with Crippen molar-refractivity contribution in [2.75, 3.05) is 16.8 Å². The number of rotatable bonds is 3. The summed E-state index contributed by atoms with van der Waals surface area (Å²) < 4.78 is 2.61. The minimum absolute atomic E-state index is 0.0510. The Hall–Kier alpha value is -2.74. The normalized spacial score (nSPS) is 16.9. The van der Waals surface area contributed by atoms with Crippen molar-refractivity contribution in [3.8, 4) is 0 Å². The van der Waals surface area contributed by atoms with Gasteiger partial charge in [0.15, 0.2) is 5.65 Å². The Kier molecular flexibility index (Phi) is 4.43. The van der Waals surface area contributed by atoms with E-state index >= 15 is 0 Å². The van der Waals surface area contributed by atoms with Gasteiger partial charge in [0.2, 0.25) is 11.8 Å². The first kappa shape index (κ1) is 17.7. The zero-order valence-corrected chi connectivity index (χ0v) is 16.5. The Morgan fingerprint density at radius 2 is 2.15 bits per heavy atom. The van der Waals surface area contributed by atoms with Crippen molar-refractivity contribution in [3.63, 3.8) is 0 Å². The van der Waals surface area contributed by atoms with Crippen LogP contribution in [-0.4, -0.2) is 33.1 Å². The molecule has 0 radical (unpaired) electrons. The van der Waals surface area contributed by atoms with Crippen LogP contribution in [0.25, 0.3) is 11.0 Å². The molecule has 1 saturated heterocycles. The van der Waals surface area contributed by atoms with Crippen LogP contribution in [0.15, 0.2) is 41.0 Å². The number of hydrogen-bond acceptors (Lipinski definition) is 4. The van der Waals surface area contributed by atoms with Crippen molar-refractivity contribution >= 4 is 50.2 Å². The van der Waals surface area contributed by atoms with E-state index in [0.29, 0.717) is 12.2 Å². The van der Waals surface area contributed by atoms with Crippen LogP contribution in [0.3, 0.4) is 0 Å². The maximum atomic E-state index is 12.7. The fraction of sp³-hybridized carbons (Fsp3) is 0.263. The number of pyridine rings is 1. The number of hydrogen-bond donors (Lipinski definition) is 1. The molecule has 2 aromatic heterocycles. The maximum Gasteiger partial charge on any atom is 0.229 e. The fourth-order valence-electron chi connectivity index (χ4n) is 3.40. The molecular weight excluding hydrogens is 410 g/mol. The summed E-state index contributed by atoms with van der Waals surface area (Å²) in [5, 5.41) is 8.12. The lowest BCUT2D eigenvalue weighted by Crippen LogP contribution is -2.28. The van der Waals surface area contributed by atoms with Crippen LogP contribution in [0, 0.1) is 12.8 Å². The van der Waals surface area contributed by atoms with Gasteiger partial charge in [0.05, 0.1) is 23.5 Å². The smallest absolute Gasteiger partial charge is 0.229 e. The van der Waals surface area contributed by atoms with Gasteiger partial charge in [-0.25, -0.2) is 4.98 Å². The highest BCUT2D eigenvalue weighted by Gasteiger charge is 2.35. The highest BCUT2D eigenvalue weighted by molar-refractivity contribution is 9.10. The second-order valence-corrected chi connectivity index (χ2v) is 7.59. The first-order chi connectivity index (χ1) is 12.9. The van der Waals surface area contributed by atoms with E-state index in [0.717, 1.165) is 26.9 Å². The van der Waals surface area contributed by atoms with E-state index in [2.05, 4.69) is 31.3 Å². The lowest BCUT2D eigenvalue weighted by molar-refractivity contribution is -0.122. The summed E-state index contributed by atoms with van der Waals surface area (Å²) in [4.78, 5) is 31.1. The van der Waals surface area contributed by atoms with Gasteiger partial charge in [-0.3, -0.25) is 14.3 Å². The van der Waals surface area contributed by atoms with Crippen molar-refractivity contribution in [2.24, 2.45) is 13.0 Å². The second-order valence-electron chi connectivity index (χ2n) is 6.68. The minimum Gasteiger partial charge on any atom is -0.324 e. The molecule has 1 aliphatic heterocycles. The number of nitrogens with zero attached hydrogens (tertiary/aromatic N) is 4. The van der Waals surface area contributed by atoms with Gasteiger partial charge < -0.3 is 10.2 Å². The summed E-state index contributed by atoms with van der Waals surface area (Å²) >= 11 is 3.41. The molecule has 3 heterocycles. The number of nitrogens with one attached hydrogen (secondary N) is 1. The topological polar surface area (TPSA) is 80.1 Å². The van der Waals surface area contributed by atoms with Gasteiger partial charge in [0.25, 0.3) is 0 Å². The molecule has 1 aliphatic rings. The lowest BCUT2D eigenvalue weighted by atomic mass is 10.1. The second kappa shape index (κ2) is 6.77. The highest BCUT2D eigenvalue weighted by atomic mass is 79.9. The summed E-state index contributed by atoms with van der Waals surface area (Å²) in [6, 6.07) is 9.38. The molecular formula is C19H18BrN5O2. The standard InChI is InChI=1S/C19H18BrN5O2/c1-11-16-8-14(9-21-18(16)24(2)23-11)22-19(27)12-6-17(26)25(10-12)15-5-3-4-13(20)7-15/h3-5,7-9,12H,6,10H2,1-2H3,(H,22,27)/t12-/m0/s1. The van der Waals surface area contributed by atoms with Crippen LogP contribution in [0.5, 0.6) is 0 Å². The summed E-state index contributed by atoms with van der Waals surface area (Å²) in [5.74, 6) is -0.629. The molecule has 138 valence electrons. The van der Waals surface area contributed by atoms with Gasteiger partial charge in [-0.05, 0) is 31.2 Å². The molecule has 1 atom stereocenters. The number of carbonyl (C=O) groups excluding carboxylic acids is 2. The number of anilines is 2. The van der Waals surface area contributed by atoms with Gasteiger partial charge in [0, 0.05) is 35.6 Å². The third-order valence-corrected chi connectivity index (χ3v) is 5.24. The number of amides is 2. The molecule has 1 fully saturated rings. The third-order valence-electron chi connectivity index (χ3n) is 4.75. The zero-order chi connectivity index (χ0) is 19.1. The van der Waals surface area contributed by atoms with Crippen LogP contribution >= 0.6 is 15.9 Å². The van der Waals surface area contributed by atoms with Crippen molar-refractivity contribution < 1.29 is 9.59 Å². The predicted molar refractivity (Wildman–Crippen MR) is 106 cm³/mol. The Morgan fingerprint density at radius 1 is 1.33 bits per heavy atom. The minimum atomic E-state index is -0.401. The molecule has 0 spiro atoms. The van der Waals surface area contributed by atoms with Gasteiger partial charge in [-0.15, -0.1) is 0 Å². The predicted octanol–water partition coefficient (Wildman–Crippen LogP) is 3.03. The SMILES string of the molecule is Cc1nn(C)c2ncc(NC(=O)[C@H]3CC(=O)N(c4cccc(Br)c4)C3)cc12. The van der Waals surface area contributed by atoms with Crippen molar-refractivity contribution in [2.45, 2.75) is 13.3 Å². The van der Waals surface area contributed by atoms with E-state index in [1.54, 1.807) is 15.8 Å². The van der Waals surface area contributed by atoms with Gasteiger partial charge in [-0.1, -0.05) is 22.0 Å². The highest BCUT2D eigenvalue weighted by Crippen LogP contribution is 2.28.